The molecule has 0 saturated heterocycles. The highest BCUT2D eigenvalue weighted by Gasteiger charge is 2.61. The zero-order valence-corrected chi connectivity index (χ0v) is 20.1. The zero-order valence-electron chi connectivity index (χ0n) is 19.3. The minimum atomic E-state index is -1.95. The molecule has 7 heteroatoms. The van der Waals surface area contributed by atoms with Crippen molar-refractivity contribution >= 4 is 45.7 Å². The molecule has 178 valence electrons. The van der Waals surface area contributed by atoms with Gasteiger partial charge in [-0.2, -0.15) is 0 Å². The lowest BCUT2D eigenvalue weighted by Crippen LogP contribution is -2.56. The molecule has 1 amide bonds. The average molecular weight is 503 g/mol. The van der Waals surface area contributed by atoms with Crippen LogP contribution in [-0.4, -0.2) is 21.2 Å². The molecular formula is C30H18N2O4S. The van der Waals surface area contributed by atoms with E-state index in [0.29, 0.717) is 33.5 Å². The Morgan fingerprint density at radius 3 is 2.05 bits per heavy atom. The molecular weight excluding hydrogens is 484 g/mol. The Bertz CT molecular complexity index is 1800. The number of hydrogen-bond acceptors (Lipinski definition) is 5. The Morgan fingerprint density at radius 2 is 1.30 bits per heavy atom. The summed E-state index contributed by atoms with van der Waals surface area (Å²) in [6.07, 6.45) is 0. The lowest BCUT2D eigenvalue weighted by molar-refractivity contribution is -0.124. The number of fused-ring (bicyclic) bond motifs is 4. The van der Waals surface area contributed by atoms with Gasteiger partial charge in [-0.1, -0.05) is 72.4 Å². The Balaban J connectivity index is 1.48. The van der Waals surface area contributed by atoms with E-state index in [1.54, 1.807) is 28.8 Å². The molecule has 2 aliphatic rings. The molecule has 0 aliphatic carbocycles. The van der Waals surface area contributed by atoms with E-state index in [0.717, 1.165) is 11.8 Å². The number of pyridine rings is 1. The van der Waals surface area contributed by atoms with E-state index in [2.05, 4.69) is 0 Å². The third-order valence-corrected chi connectivity index (χ3v) is 7.98. The number of thioether (sulfide) groups is 1. The largest absolute Gasteiger partial charge is 0.457 e. The van der Waals surface area contributed by atoms with Crippen LogP contribution in [0.4, 0.5) is 11.4 Å². The number of anilines is 2. The van der Waals surface area contributed by atoms with Crippen molar-refractivity contribution in [2.75, 3.05) is 4.90 Å². The summed E-state index contributed by atoms with van der Waals surface area (Å²) in [6.45, 7) is 0. The first-order valence-electron chi connectivity index (χ1n) is 11.7. The smallest absolute Gasteiger partial charge is 0.300 e. The van der Waals surface area contributed by atoms with Gasteiger partial charge in [0, 0.05) is 22.3 Å². The molecule has 3 heterocycles. The maximum absolute atomic E-state index is 14.2. The number of carbonyl (C=O) groups excluding carboxylic acids is 2. The summed E-state index contributed by atoms with van der Waals surface area (Å²) in [4.78, 5) is 42.0. The van der Waals surface area contributed by atoms with Crippen LogP contribution in [0.25, 0.3) is 16.6 Å². The van der Waals surface area contributed by atoms with E-state index in [4.69, 9.17) is 4.74 Å². The number of carbonyl (C=O) groups is 2. The summed E-state index contributed by atoms with van der Waals surface area (Å²) in [5.74, 6) is -0.763. The van der Waals surface area contributed by atoms with Gasteiger partial charge in [-0.3, -0.25) is 23.9 Å². The van der Waals surface area contributed by atoms with Gasteiger partial charge in [0.1, 0.15) is 4.90 Å². The van der Waals surface area contributed by atoms with Crippen LogP contribution in [0.3, 0.4) is 0 Å². The molecule has 1 spiro atoms. The van der Waals surface area contributed by atoms with Crippen molar-refractivity contribution in [3.8, 4) is 11.4 Å². The number of ether oxygens (including phenoxy) is 1. The number of nitrogens with zero attached hydrogens (tertiary/aromatic N) is 2. The highest BCUT2D eigenvalue weighted by Crippen LogP contribution is 2.54. The molecule has 1 unspecified atom stereocenters. The molecule has 0 N–H and O–H groups in total. The van der Waals surface area contributed by atoms with Crippen LogP contribution in [0.1, 0.15) is 10.4 Å². The number of benzene rings is 4. The van der Waals surface area contributed by atoms with Crippen molar-refractivity contribution in [3.05, 3.63) is 125 Å². The number of amides is 1. The van der Waals surface area contributed by atoms with Gasteiger partial charge in [-0.15, -0.1) is 0 Å². The first-order chi connectivity index (χ1) is 18.1. The molecule has 2 aliphatic heterocycles. The van der Waals surface area contributed by atoms with Crippen LogP contribution in [0.2, 0.25) is 0 Å². The fourth-order valence-corrected chi connectivity index (χ4v) is 6.25. The Labute approximate surface area is 215 Å². The van der Waals surface area contributed by atoms with Crippen molar-refractivity contribution < 1.29 is 14.3 Å². The predicted octanol–water partition coefficient (Wildman–Crippen LogP) is 5.73. The van der Waals surface area contributed by atoms with Crippen LogP contribution in [0, 0.1) is 0 Å². The predicted molar refractivity (Wildman–Crippen MR) is 143 cm³/mol. The minimum absolute atomic E-state index is 0.233. The van der Waals surface area contributed by atoms with E-state index in [-0.39, 0.29) is 16.2 Å². The third kappa shape index (κ3) is 2.98. The first kappa shape index (κ1) is 21.6. The summed E-state index contributed by atoms with van der Waals surface area (Å²) in [5.41, 5.74) is 2.43. The van der Waals surface area contributed by atoms with Gasteiger partial charge < -0.3 is 4.74 Å². The molecule has 0 bridgehead atoms. The normalized spacial score (nSPS) is 18.1. The topological polar surface area (TPSA) is 68.6 Å². The van der Waals surface area contributed by atoms with E-state index < -0.39 is 16.6 Å². The van der Waals surface area contributed by atoms with E-state index in [1.807, 2.05) is 84.9 Å². The summed E-state index contributed by atoms with van der Waals surface area (Å²) < 4.78 is 7.96. The van der Waals surface area contributed by atoms with Crippen molar-refractivity contribution in [1.29, 1.82) is 0 Å². The fraction of sp³-hybridized carbons (Fsp3) is 0.0333. The summed E-state index contributed by atoms with van der Waals surface area (Å²) in [7, 11) is 0. The Hall–Kier alpha value is -4.62. The standard InChI is InChI=1S/C30H18N2O4S/c33-27-22-16-8-10-18-24(22)32(20-13-5-2-6-14-20)29(35)30(27)36-25-21-15-7-9-17-23(21)31(28(34)26(25)37-30)19-11-3-1-4-12-19/h1-18H. The maximum Gasteiger partial charge on any atom is 0.300 e. The molecule has 0 radical (unpaired) electrons. The van der Waals surface area contributed by atoms with Gasteiger partial charge >= 0.3 is 4.93 Å². The lowest BCUT2D eigenvalue weighted by Gasteiger charge is -2.37. The average Bonchev–Trinajstić information content (AvgIpc) is 3.36. The van der Waals surface area contributed by atoms with Gasteiger partial charge in [0.05, 0.1) is 11.2 Å². The highest BCUT2D eigenvalue weighted by atomic mass is 32.2. The number of aromatic nitrogens is 1. The first-order valence-corrected chi connectivity index (χ1v) is 12.6. The maximum atomic E-state index is 14.2. The molecule has 7 rings (SSSR count). The number of Topliss-reactive ketones (excluding diaryl/α,β-unsaturated/α-hetero) is 1. The molecule has 1 aromatic heterocycles. The minimum Gasteiger partial charge on any atom is -0.457 e. The zero-order chi connectivity index (χ0) is 25.1. The third-order valence-electron chi connectivity index (χ3n) is 6.69. The summed E-state index contributed by atoms with van der Waals surface area (Å²) in [6, 6.07) is 32.8. The Morgan fingerprint density at radius 1 is 0.676 bits per heavy atom. The molecule has 0 fully saturated rings. The van der Waals surface area contributed by atoms with E-state index in [9.17, 15) is 14.4 Å². The van der Waals surface area contributed by atoms with Crippen molar-refractivity contribution in [2.24, 2.45) is 0 Å². The van der Waals surface area contributed by atoms with Gasteiger partial charge in [-0.05, 0) is 48.5 Å². The van der Waals surface area contributed by atoms with Gasteiger partial charge in [-0.25, -0.2) is 0 Å². The second kappa shape index (κ2) is 7.94. The SMILES string of the molecule is O=C1c2ccccc2N(c2ccccc2)C(=O)C12Oc1c(c(=O)n(-c3ccccc3)c3ccccc13)S2. The van der Waals surface area contributed by atoms with E-state index >= 15 is 0 Å². The van der Waals surface area contributed by atoms with Crippen LogP contribution >= 0.6 is 11.8 Å². The second-order valence-corrected chi connectivity index (χ2v) is 9.98. The van der Waals surface area contributed by atoms with Crippen LogP contribution in [-0.2, 0) is 4.79 Å². The van der Waals surface area contributed by atoms with E-state index in [1.165, 1.54) is 4.90 Å². The number of rotatable bonds is 2. The second-order valence-electron chi connectivity index (χ2n) is 8.79. The molecule has 6 nitrogen and oxygen atoms in total. The quantitative estimate of drug-likeness (QED) is 0.288. The van der Waals surface area contributed by atoms with Gasteiger partial charge in [0.2, 0.25) is 5.78 Å². The van der Waals surface area contributed by atoms with Gasteiger partial charge in [0.15, 0.2) is 5.75 Å². The van der Waals surface area contributed by atoms with Crippen molar-refractivity contribution in [2.45, 2.75) is 9.83 Å². The summed E-state index contributed by atoms with van der Waals surface area (Å²) >= 11 is 0.892. The number of hydrogen-bond donors (Lipinski definition) is 0. The lowest BCUT2D eigenvalue weighted by atomic mass is 9.96. The molecule has 37 heavy (non-hydrogen) atoms. The van der Waals surface area contributed by atoms with Crippen molar-refractivity contribution in [1.82, 2.24) is 4.57 Å². The van der Waals surface area contributed by atoms with Crippen LogP contribution in [0.5, 0.6) is 5.75 Å². The number of ketones is 1. The molecule has 4 aromatic carbocycles. The summed E-state index contributed by atoms with van der Waals surface area (Å²) in [5, 5.41) is 0.649. The highest BCUT2D eigenvalue weighted by molar-refractivity contribution is 8.02. The number of para-hydroxylation sites is 4. The molecule has 5 aromatic rings. The van der Waals surface area contributed by atoms with Crippen LogP contribution < -0.4 is 15.2 Å². The molecule has 0 saturated carbocycles. The Kier molecular flexibility index (Phi) is 4.65. The van der Waals surface area contributed by atoms with Gasteiger partial charge in [0.25, 0.3) is 11.5 Å². The fourth-order valence-electron chi connectivity index (χ4n) is 5.03. The molecule has 1 atom stereocenters. The van der Waals surface area contributed by atoms with Crippen molar-refractivity contribution in [3.63, 3.8) is 0 Å². The van der Waals surface area contributed by atoms with Crippen LogP contribution in [0.15, 0.2) is 119 Å². The monoisotopic (exact) mass is 502 g/mol.